The molecule has 2 aromatic carbocycles. The molecule has 362 valence electrons. The number of nitrogens with zero attached hydrogens (tertiary/aromatic N) is 2. The van der Waals surface area contributed by atoms with E-state index in [1.54, 1.807) is 19.1 Å². The summed E-state index contributed by atoms with van der Waals surface area (Å²) in [7, 11) is -18.1. The van der Waals surface area contributed by atoms with Gasteiger partial charge >= 0.3 is 5.97 Å². The number of aliphatic carboxylic acids is 1. The van der Waals surface area contributed by atoms with Gasteiger partial charge in [-0.1, -0.05) is 37.5 Å². The van der Waals surface area contributed by atoms with Gasteiger partial charge < -0.3 is 14.6 Å². The number of benzene rings is 2. The number of hydrogen-bond acceptors (Lipinski definition) is 11. The quantitative estimate of drug-likeness (QED) is 0.0153. The van der Waals surface area contributed by atoms with Gasteiger partial charge in [0.15, 0.2) is 17.3 Å². The molecule has 16 nitrogen and oxygen atoms in total. The van der Waals surface area contributed by atoms with Crippen molar-refractivity contribution in [1.82, 2.24) is 0 Å². The van der Waals surface area contributed by atoms with Gasteiger partial charge in [0.2, 0.25) is 11.6 Å². The maximum absolute atomic E-state index is 15.8. The number of hydrogen-bond donors (Lipinski definition) is 4. The first-order chi connectivity index (χ1) is 30.0. The molecular formula is C41H52F4N2O14S4. The molecule has 0 radical (unpaired) electrons. The van der Waals surface area contributed by atoms with Crippen molar-refractivity contribution in [2.24, 2.45) is 0 Å². The number of carbonyl (C=O) groups is 1. The van der Waals surface area contributed by atoms with E-state index in [0.29, 0.717) is 42.8 Å². The molecule has 0 aromatic heterocycles. The molecule has 0 saturated heterocycles. The lowest BCUT2D eigenvalue weighted by molar-refractivity contribution is -0.440. The molecule has 24 heteroatoms. The van der Waals surface area contributed by atoms with Crippen LogP contribution in [-0.4, -0.2) is 104 Å². The van der Waals surface area contributed by atoms with E-state index in [9.17, 15) is 65.5 Å². The first kappa shape index (κ1) is 53.6. The van der Waals surface area contributed by atoms with Gasteiger partial charge in [0.25, 0.3) is 36.0 Å². The fourth-order valence-electron chi connectivity index (χ4n) is 8.53. The Kier molecular flexibility index (Phi) is 17.5. The van der Waals surface area contributed by atoms with Crippen LogP contribution in [0.3, 0.4) is 0 Å². The predicted octanol–water partition coefficient (Wildman–Crippen LogP) is 6.71. The molecular weight excluding hydrogens is 949 g/mol. The highest BCUT2D eigenvalue weighted by molar-refractivity contribution is 7.86. The molecule has 0 amide bonds. The number of fused-ring (bicyclic) bond motifs is 2. The Hall–Kier alpha value is -4.04. The van der Waals surface area contributed by atoms with Gasteiger partial charge in [0, 0.05) is 48.0 Å². The Morgan fingerprint density at radius 2 is 1.31 bits per heavy atom. The van der Waals surface area contributed by atoms with Gasteiger partial charge in [-0.2, -0.15) is 34.2 Å². The molecule has 4 rings (SSSR count). The standard InChI is InChI=1S/C41H52F4N2O14S4/c1-40(20-8-12-24-62(50,51)52)29-27-28(65(59,60)61)18-19-30(29)46(22-10-4-7-17-33(48)49)31(40)15-5-3-6-16-32-41(2,21-9-13-25-63(53,54)55)34-35(42)36(43)37(44)38(45)39(34)47(32)23-11-14-26-64(56,57)58/h3,5-6,15-16,18-19,27H,4,7-14,17,20-26H2,1-2H3,(H4-,48,49,50,51,52,53,54,55,56,57,58,59,60,61). The van der Waals surface area contributed by atoms with Crippen LogP contribution < -0.4 is 4.90 Å². The highest BCUT2D eigenvalue weighted by Crippen LogP contribution is 2.52. The summed E-state index contributed by atoms with van der Waals surface area (Å²) in [6.07, 6.45) is 8.43. The van der Waals surface area contributed by atoms with Crippen molar-refractivity contribution >= 4 is 63.5 Å². The first-order valence-corrected chi connectivity index (χ1v) is 26.8. The smallest absolute Gasteiger partial charge is 0.303 e. The third-order valence-corrected chi connectivity index (χ3v) is 14.9. The molecule has 2 unspecified atom stereocenters. The lowest BCUT2D eigenvalue weighted by atomic mass is 9.75. The average molecular weight is 1000 g/mol. The van der Waals surface area contributed by atoms with Crippen molar-refractivity contribution in [3.8, 4) is 0 Å². The second-order valence-corrected chi connectivity index (χ2v) is 22.5. The fraction of sp³-hybridized carbons (Fsp3) is 0.512. The number of carboxylic acid groups (broad SMARTS) is 1. The summed E-state index contributed by atoms with van der Waals surface area (Å²) >= 11 is 0. The van der Waals surface area contributed by atoms with Crippen molar-refractivity contribution in [3.05, 3.63) is 88.7 Å². The van der Waals surface area contributed by atoms with E-state index in [1.807, 2.05) is 4.90 Å². The monoisotopic (exact) mass is 1000 g/mol. The molecule has 2 aromatic rings. The maximum Gasteiger partial charge on any atom is 0.303 e. The minimum Gasteiger partial charge on any atom is -0.748 e. The Balaban J connectivity index is 1.85. The third kappa shape index (κ3) is 13.8. The van der Waals surface area contributed by atoms with Crippen LogP contribution in [0.1, 0.15) is 102 Å². The van der Waals surface area contributed by atoms with Gasteiger partial charge in [-0.3, -0.25) is 18.5 Å². The van der Waals surface area contributed by atoms with Crippen LogP contribution in [0.5, 0.6) is 0 Å². The van der Waals surface area contributed by atoms with Crippen LogP contribution in [0.15, 0.2) is 59.2 Å². The van der Waals surface area contributed by atoms with Crippen molar-refractivity contribution in [2.45, 2.75) is 107 Å². The number of halogens is 4. The Morgan fingerprint density at radius 3 is 1.88 bits per heavy atom. The molecule has 2 heterocycles. The molecule has 2 aliphatic heterocycles. The van der Waals surface area contributed by atoms with Crippen LogP contribution in [0, 0.1) is 23.3 Å². The topological polar surface area (TPSA) is 264 Å². The minimum atomic E-state index is -4.69. The van der Waals surface area contributed by atoms with Crippen LogP contribution in [0.25, 0.3) is 0 Å². The van der Waals surface area contributed by atoms with Crippen LogP contribution in [-0.2, 0) is 56.1 Å². The number of rotatable bonds is 25. The number of anilines is 1. The van der Waals surface area contributed by atoms with Gasteiger partial charge in [-0.15, -0.1) is 0 Å². The van der Waals surface area contributed by atoms with Crippen LogP contribution in [0.2, 0.25) is 0 Å². The van der Waals surface area contributed by atoms with E-state index in [1.165, 1.54) is 43.4 Å². The zero-order chi connectivity index (χ0) is 48.8. The molecule has 4 N–H and O–H groups in total. The zero-order valence-electron chi connectivity index (χ0n) is 35.6. The van der Waals surface area contributed by atoms with E-state index in [2.05, 4.69) is 0 Å². The minimum absolute atomic E-state index is 0.0244. The van der Waals surface area contributed by atoms with Crippen molar-refractivity contribution in [3.63, 3.8) is 0 Å². The highest BCUT2D eigenvalue weighted by atomic mass is 32.2. The second-order valence-electron chi connectivity index (χ2n) is 16.4. The molecule has 2 atom stereocenters. The molecule has 0 spiro atoms. The van der Waals surface area contributed by atoms with Gasteiger partial charge in [-0.05, 0) is 88.6 Å². The molecule has 65 heavy (non-hydrogen) atoms. The summed E-state index contributed by atoms with van der Waals surface area (Å²) in [5.74, 6) is -10.7. The van der Waals surface area contributed by atoms with Crippen molar-refractivity contribution in [1.29, 1.82) is 0 Å². The number of unbranched alkanes of at least 4 members (excludes halogenated alkanes) is 5. The van der Waals surface area contributed by atoms with E-state index < -0.39 is 114 Å². The van der Waals surface area contributed by atoms with Crippen LogP contribution in [0.4, 0.5) is 28.9 Å². The lowest BCUT2D eigenvalue weighted by Gasteiger charge is -2.30. The summed E-state index contributed by atoms with van der Waals surface area (Å²) in [5.41, 5.74) is -2.43. The lowest BCUT2D eigenvalue weighted by Crippen LogP contribution is -2.32. The van der Waals surface area contributed by atoms with Crippen LogP contribution >= 0.6 is 0 Å². The van der Waals surface area contributed by atoms with Crippen molar-refractivity contribution < 1.29 is 83.9 Å². The first-order valence-electron chi connectivity index (χ1n) is 20.5. The summed E-state index contributed by atoms with van der Waals surface area (Å²) < 4.78 is 196. The average Bonchev–Trinajstić information content (AvgIpc) is 3.56. The molecule has 0 aliphatic carbocycles. The largest absolute Gasteiger partial charge is 0.748 e. The summed E-state index contributed by atoms with van der Waals surface area (Å²) in [6, 6.07) is 4.00. The van der Waals surface area contributed by atoms with Gasteiger partial charge in [0.1, 0.15) is 6.54 Å². The van der Waals surface area contributed by atoms with E-state index in [4.69, 9.17) is 5.11 Å². The summed E-state index contributed by atoms with van der Waals surface area (Å²) in [4.78, 5) is 12.6. The number of carboxylic acids is 1. The van der Waals surface area contributed by atoms with E-state index in [0.717, 1.165) is 4.58 Å². The van der Waals surface area contributed by atoms with Gasteiger partial charge in [-0.25, -0.2) is 21.6 Å². The fourth-order valence-corrected chi connectivity index (χ4v) is 10.7. The Bertz CT molecular complexity index is 2730. The highest BCUT2D eigenvalue weighted by Gasteiger charge is 2.53. The zero-order valence-corrected chi connectivity index (χ0v) is 38.8. The van der Waals surface area contributed by atoms with E-state index in [-0.39, 0.29) is 70.0 Å². The van der Waals surface area contributed by atoms with Gasteiger partial charge in [0.05, 0.1) is 37.5 Å². The molecule has 0 fully saturated rings. The van der Waals surface area contributed by atoms with Crippen molar-refractivity contribution in [2.75, 3.05) is 35.2 Å². The SMILES string of the molecule is CC1(CCCCS(=O)(=O)O)C(=CC=CC=CC2=[N+](CCCCS(=O)(=O)[O-])c3c(F)c(F)c(F)c(F)c3C2(C)CCCCS(=O)(=O)O)N(CCCCCC(=O)O)c2ccc(S(=O)(=O)O)cc21. The van der Waals surface area contributed by atoms with E-state index >= 15 is 8.78 Å². The number of allylic oxidation sites excluding steroid dienone is 6. The summed E-state index contributed by atoms with van der Waals surface area (Å²) in [5, 5.41) is 9.12. The maximum atomic E-state index is 15.8. The second kappa shape index (κ2) is 21.3. The molecule has 0 saturated carbocycles. The Labute approximate surface area is 376 Å². The molecule has 0 bridgehead atoms. The third-order valence-electron chi connectivity index (χ3n) is 11.6. The molecule has 2 aliphatic rings. The predicted molar refractivity (Wildman–Crippen MR) is 231 cm³/mol. The summed E-state index contributed by atoms with van der Waals surface area (Å²) in [6.45, 7) is 3.15. The Morgan fingerprint density at radius 1 is 0.723 bits per heavy atom. The normalized spacial score (nSPS) is 19.9.